The summed E-state index contributed by atoms with van der Waals surface area (Å²) < 4.78 is 51.8. The number of aliphatic imine (C=N–C) groups is 1. The third-order valence-corrected chi connectivity index (χ3v) is 5.95. The van der Waals surface area contributed by atoms with Crippen molar-refractivity contribution in [2.75, 3.05) is 0 Å². The van der Waals surface area contributed by atoms with Crippen LogP contribution >= 0.6 is 12.2 Å². The van der Waals surface area contributed by atoms with Gasteiger partial charge in [0.2, 0.25) is 12.2 Å². The van der Waals surface area contributed by atoms with E-state index < -0.39 is 30.0 Å². The maximum atomic E-state index is 13.2. The molecule has 0 saturated carbocycles. The van der Waals surface area contributed by atoms with Gasteiger partial charge < -0.3 is 5.11 Å². The fourth-order valence-corrected chi connectivity index (χ4v) is 4.54. The Morgan fingerprint density at radius 2 is 1.97 bits per heavy atom. The van der Waals surface area contributed by atoms with Crippen molar-refractivity contribution >= 4 is 30.2 Å². The first kappa shape index (κ1) is 21.1. The summed E-state index contributed by atoms with van der Waals surface area (Å²) >= 11 is 0.168. The van der Waals surface area contributed by atoms with Gasteiger partial charge in [-0.1, -0.05) is 12.1 Å². The second-order valence-corrected chi connectivity index (χ2v) is 7.72. The number of benzene rings is 1. The third kappa shape index (κ3) is 3.62. The Balaban J connectivity index is 1.84. The summed E-state index contributed by atoms with van der Waals surface area (Å²) in [6.45, 7) is 0. The fourth-order valence-electron chi connectivity index (χ4n) is 4.06. The highest BCUT2D eigenvalue weighted by atomic mass is 32.2. The number of carbonyl (C=O) groups excluding carboxylic acids is 1. The summed E-state index contributed by atoms with van der Waals surface area (Å²) in [5.74, 6) is -0.217. The predicted molar refractivity (Wildman–Crippen MR) is 106 cm³/mol. The van der Waals surface area contributed by atoms with E-state index in [1.165, 1.54) is 4.58 Å². The Kier molecular flexibility index (Phi) is 5.36. The van der Waals surface area contributed by atoms with Crippen molar-refractivity contribution in [2.24, 2.45) is 4.99 Å². The van der Waals surface area contributed by atoms with Crippen LogP contribution in [-0.4, -0.2) is 48.8 Å². The van der Waals surface area contributed by atoms with Gasteiger partial charge >= 0.3 is 12.2 Å². The zero-order valence-electron chi connectivity index (χ0n) is 15.9. The number of nitriles is 1. The molecule has 11 heteroatoms. The van der Waals surface area contributed by atoms with Crippen LogP contribution in [-0.2, 0) is 4.79 Å². The second-order valence-electron chi connectivity index (χ2n) is 7.16. The molecule has 2 aliphatic heterocycles. The number of ketones is 1. The first-order chi connectivity index (χ1) is 14.8. The molecule has 1 aromatic rings. The Morgan fingerprint density at radius 3 is 2.58 bits per heavy atom. The second kappa shape index (κ2) is 7.86. The number of halogens is 3. The van der Waals surface area contributed by atoms with Crippen LogP contribution in [0.5, 0.6) is 0 Å². The monoisotopic (exact) mass is 449 g/mol. The minimum absolute atomic E-state index is 0.0834. The van der Waals surface area contributed by atoms with Crippen molar-refractivity contribution in [3.63, 3.8) is 0 Å². The molecule has 160 valence electrons. The van der Waals surface area contributed by atoms with Gasteiger partial charge in [-0.05, 0) is 18.2 Å². The van der Waals surface area contributed by atoms with Gasteiger partial charge in [-0.25, -0.2) is 0 Å². The molecule has 3 aliphatic rings. The van der Waals surface area contributed by atoms with E-state index in [4.69, 9.17) is 5.26 Å². The normalized spacial score (nSPS) is 23.8. The fraction of sp³-hybridized carbons (Fsp3) is 0.300. The summed E-state index contributed by atoms with van der Waals surface area (Å²) in [7, 11) is 0. The Bertz CT molecular complexity index is 1100. The standard InChI is InChI=1S/C20H15F3N4O3S/c21-20(22,23)16-9-13(7-8-25-16)26-14-5-6-15(28)17(14)18(27(31-30)19(26)29)12-3-1-11(10-24)2-4-12/h1-4,8-9,13,18,30H,5-7H2/p+1. The zero-order valence-corrected chi connectivity index (χ0v) is 16.7. The molecule has 0 radical (unpaired) electrons. The number of alkyl halides is 3. The molecule has 0 aromatic heterocycles. The molecule has 1 aromatic carbocycles. The molecule has 0 spiro atoms. The van der Waals surface area contributed by atoms with Crippen molar-refractivity contribution in [1.82, 2.24) is 4.31 Å². The van der Waals surface area contributed by atoms with Gasteiger partial charge in [0.1, 0.15) is 17.4 Å². The summed E-state index contributed by atoms with van der Waals surface area (Å²) in [5, 5.41) is 20.0. The van der Waals surface area contributed by atoms with Gasteiger partial charge in [0, 0.05) is 31.0 Å². The Labute approximate surface area is 179 Å². The molecule has 0 amide bonds. The molecule has 0 bridgehead atoms. The van der Waals surface area contributed by atoms with Crippen molar-refractivity contribution in [3.05, 3.63) is 58.4 Å². The van der Waals surface area contributed by atoms with Crippen molar-refractivity contribution < 1.29 is 32.2 Å². The molecular weight excluding hydrogens is 433 g/mol. The minimum Gasteiger partial charge on any atom is -0.446 e. The SMILES string of the molecule is N#Cc1ccc(C2C3=C(CCC3=O)[N+](C3C=C(C(F)(F)F)N=CC3)=C(O)N2SO)cc1. The van der Waals surface area contributed by atoms with Crippen LogP contribution in [0.3, 0.4) is 0 Å². The number of allylic oxidation sites excluding steroid dienone is 2. The summed E-state index contributed by atoms with van der Waals surface area (Å²) in [6, 6.07) is 6.05. The number of Topliss-reactive ketones (excluding diaryl/α,β-unsaturated/α-hetero) is 1. The van der Waals surface area contributed by atoms with Crippen LogP contribution in [0, 0.1) is 11.3 Å². The van der Waals surface area contributed by atoms with E-state index in [1.54, 1.807) is 24.3 Å². The third-order valence-electron chi connectivity index (χ3n) is 5.40. The summed E-state index contributed by atoms with van der Waals surface area (Å²) in [5.41, 5.74) is 0.580. The van der Waals surface area contributed by atoms with Crippen LogP contribution in [0.2, 0.25) is 0 Å². The van der Waals surface area contributed by atoms with Gasteiger partial charge in [0.25, 0.3) is 0 Å². The van der Waals surface area contributed by atoms with Gasteiger partial charge in [-0.2, -0.15) is 23.0 Å². The van der Waals surface area contributed by atoms with Crippen LogP contribution in [0.4, 0.5) is 13.2 Å². The smallest absolute Gasteiger partial charge is 0.446 e. The molecule has 0 fully saturated rings. The van der Waals surface area contributed by atoms with Gasteiger partial charge in [0.05, 0.1) is 17.2 Å². The van der Waals surface area contributed by atoms with Crippen molar-refractivity contribution in [2.45, 2.75) is 37.5 Å². The number of hydrogen-bond donors (Lipinski definition) is 2. The van der Waals surface area contributed by atoms with E-state index >= 15 is 0 Å². The van der Waals surface area contributed by atoms with Crippen LogP contribution in [0.15, 0.2) is 52.3 Å². The molecular formula is C20H16F3N4O3S+. The molecule has 1 aliphatic carbocycles. The lowest BCUT2D eigenvalue weighted by molar-refractivity contribution is -0.522. The predicted octanol–water partition coefficient (Wildman–Crippen LogP) is 3.87. The van der Waals surface area contributed by atoms with Gasteiger partial charge in [-0.15, -0.1) is 4.31 Å². The lowest BCUT2D eigenvalue weighted by Crippen LogP contribution is -2.45. The highest BCUT2D eigenvalue weighted by molar-refractivity contribution is 7.91. The van der Waals surface area contributed by atoms with E-state index in [9.17, 15) is 27.6 Å². The molecule has 0 saturated heterocycles. The maximum Gasteiger partial charge on any atom is 0.464 e. The van der Waals surface area contributed by atoms with Gasteiger partial charge in [0.15, 0.2) is 11.8 Å². The number of carbonyl (C=O) groups is 1. The lowest BCUT2D eigenvalue weighted by atomic mass is 9.94. The Hall–Kier alpha value is -3.10. The van der Waals surface area contributed by atoms with Crippen LogP contribution in [0.25, 0.3) is 0 Å². The van der Waals surface area contributed by atoms with E-state index in [0.29, 0.717) is 22.4 Å². The van der Waals surface area contributed by atoms with Crippen LogP contribution in [0.1, 0.15) is 36.4 Å². The molecule has 2 atom stereocenters. The quantitative estimate of drug-likeness (QED) is 0.413. The average Bonchev–Trinajstić information content (AvgIpc) is 3.13. The Morgan fingerprint density at radius 1 is 1.26 bits per heavy atom. The number of aliphatic hydroxyl groups excluding tert-OH is 1. The number of aliphatic hydroxyl groups is 1. The first-order valence-corrected chi connectivity index (χ1v) is 10.0. The zero-order chi connectivity index (χ0) is 22.3. The van der Waals surface area contributed by atoms with Crippen LogP contribution < -0.4 is 0 Å². The molecule has 2 unspecified atom stereocenters. The molecule has 7 nitrogen and oxygen atoms in total. The number of hydrogen-bond acceptors (Lipinski definition) is 6. The van der Waals surface area contributed by atoms with E-state index in [0.717, 1.165) is 16.6 Å². The highest BCUT2D eigenvalue weighted by Crippen LogP contribution is 2.44. The van der Waals surface area contributed by atoms with E-state index in [2.05, 4.69) is 4.99 Å². The molecule has 4 rings (SSSR count). The highest BCUT2D eigenvalue weighted by Gasteiger charge is 2.51. The van der Waals surface area contributed by atoms with Crippen molar-refractivity contribution in [3.8, 4) is 6.07 Å². The molecule has 2 N–H and O–H groups in total. The summed E-state index contributed by atoms with van der Waals surface area (Å²) in [4.78, 5) is 16.2. The summed E-state index contributed by atoms with van der Waals surface area (Å²) in [6.07, 6.45) is -2.15. The number of rotatable bonds is 3. The average molecular weight is 449 g/mol. The number of nitrogens with zero attached hydrogens (tertiary/aromatic N) is 4. The lowest BCUT2D eigenvalue weighted by Gasteiger charge is -2.31. The largest absolute Gasteiger partial charge is 0.464 e. The van der Waals surface area contributed by atoms with Crippen molar-refractivity contribution in [1.29, 1.82) is 5.26 Å². The van der Waals surface area contributed by atoms with E-state index in [-0.39, 0.29) is 37.3 Å². The first-order valence-electron chi connectivity index (χ1n) is 9.30. The maximum absolute atomic E-state index is 13.2. The topological polar surface area (TPSA) is 99.9 Å². The molecule has 2 heterocycles. The molecule has 31 heavy (non-hydrogen) atoms. The van der Waals surface area contributed by atoms with Gasteiger partial charge in [-0.3, -0.25) is 14.3 Å². The minimum atomic E-state index is -4.65. The number of amidine groups is 1. The van der Waals surface area contributed by atoms with E-state index in [1.807, 2.05) is 6.07 Å².